The molecule has 2 aromatic heterocycles. The van der Waals surface area contributed by atoms with E-state index in [4.69, 9.17) is 34.8 Å². The van der Waals surface area contributed by atoms with E-state index in [2.05, 4.69) is 10.3 Å². The number of carbonyl (C=O) groups excluding carboxylic acids is 1. The average molecular weight is 437 g/mol. The summed E-state index contributed by atoms with van der Waals surface area (Å²) in [4.78, 5) is 17.9. The summed E-state index contributed by atoms with van der Waals surface area (Å²) < 4.78 is 1.92. The molecule has 4 rings (SSSR count). The van der Waals surface area contributed by atoms with Crippen molar-refractivity contribution in [2.75, 3.05) is 5.32 Å². The topological polar surface area (TPSA) is 46.4 Å². The molecule has 0 atom stereocenters. The fourth-order valence-electron chi connectivity index (χ4n) is 2.67. The molecule has 0 aliphatic rings. The molecule has 1 N–H and O–H groups in total. The Labute approximate surface area is 174 Å². The van der Waals surface area contributed by atoms with Gasteiger partial charge in [-0.1, -0.05) is 46.9 Å². The van der Waals surface area contributed by atoms with E-state index in [1.807, 2.05) is 40.2 Å². The third-order valence-electron chi connectivity index (χ3n) is 3.97. The molecule has 136 valence electrons. The molecule has 0 saturated carbocycles. The number of anilines is 1. The van der Waals surface area contributed by atoms with Crippen LogP contribution in [-0.4, -0.2) is 15.3 Å². The Morgan fingerprint density at radius 2 is 1.81 bits per heavy atom. The average Bonchev–Trinajstić information content (AvgIpc) is 3.21. The molecule has 0 bridgehead atoms. The van der Waals surface area contributed by atoms with Crippen molar-refractivity contribution in [3.63, 3.8) is 0 Å². The number of nitrogens with one attached hydrogen (secondary N) is 1. The summed E-state index contributed by atoms with van der Waals surface area (Å²) >= 11 is 19.5. The van der Waals surface area contributed by atoms with Gasteiger partial charge < -0.3 is 5.32 Å². The maximum Gasteiger partial charge on any atom is 0.230 e. The number of halogens is 3. The third kappa shape index (κ3) is 3.96. The molecule has 2 aromatic carbocycles. The Kier molecular flexibility index (Phi) is 5.10. The first-order valence-electron chi connectivity index (χ1n) is 7.96. The molecule has 27 heavy (non-hydrogen) atoms. The second-order valence-electron chi connectivity index (χ2n) is 5.86. The van der Waals surface area contributed by atoms with Crippen LogP contribution in [0.5, 0.6) is 0 Å². The van der Waals surface area contributed by atoms with Gasteiger partial charge in [0.05, 0.1) is 22.8 Å². The van der Waals surface area contributed by atoms with Crippen LogP contribution in [0.4, 0.5) is 5.69 Å². The fraction of sp³-hybridized carbons (Fsp3) is 0.0526. The molecular formula is C19H12Cl3N3OS. The van der Waals surface area contributed by atoms with E-state index in [1.165, 1.54) is 11.3 Å². The number of carbonyl (C=O) groups is 1. The number of hydrogen-bond acceptors (Lipinski definition) is 3. The van der Waals surface area contributed by atoms with Gasteiger partial charge in [0.25, 0.3) is 0 Å². The number of rotatable bonds is 4. The van der Waals surface area contributed by atoms with Crippen LogP contribution in [0.25, 0.3) is 16.2 Å². The van der Waals surface area contributed by atoms with Gasteiger partial charge in [0.1, 0.15) is 0 Å². The predicted octanol–water partition coefficient (Wildman–Crippen LogP) is 6.20. The van der Waals surface area contributed by atoms with E-state index in [1.54, 1.807) is 18.2 Å². The van der Waals surface area contributed by atoms with E-state index in [0.29, 0.717) is 20.8 Å². The highest BCUT2D eigenvalue weighted by Crippen LogP contribution is 2.27. The van der Waals surface area contributed by atoms with Gasteiger partial charge in [-0.2, -0.15) is 0 Å². The Morgan fingerprint density at radius 1 is 1.07 bits per heavy atom. The first-order valence-corrected chi connectivity index (χ1v) is 9.97. The number of thiazole rings is 1. The summed E-state index contributed by atoms with van der Waals surface area (Å²) in [6.45, 7) is 0. The van der Waals surface area contributed by atoms with E-state index < -0.39 is 0 Å². The minimum Gasteiger partial charge on any atom is -0.324 e. The number of nitrogens with zero attached hydrogens (tertiary/aromatic N) is 2. The van der Waals surface area contributed by atoms with Gasteiger partial charge in [0.2, 0.25) is 5.91 Å². The molecule has 0 spiro atoms. The number of hydrogen-bond donors (Lipinski definition) is 1. The van der Waals surface area contributed by atoms with Gasteiger partial charge >= 0.3 is 0 Å². The number of imidazole rings is 1. The van der Waals surface area contributed by atoms with Crippen molar-refractivity contribution in [2.24, 2.45) is 0 Å². The van der Waals surface area contributed by atoms with Crippen molar-refractivity contribution in [3.05, 3.63) is 74.8 Å². The van der Waals surface area contributed by atoms with Crippen LogP contribution in [-0.2, 0) is 11.2 Å². The van der Waals surface area contributed by atoms with Crippen LogP contribution in [0.2, 0.25) is 15.1 Å². The molecule has 8 heteroatoms. The summed E-state index contributed by atoms with van der Waals surface area (Å²) in [6.07, 6.45) is 2.11. The largest absolute Gasteiger partial charge is 0.324 e. The van der Waals surface area contributed by atoms with Crippen molar-refractivity contribution < 1.29 is 4.79 Å². The lowest BCUT2D eigenvalue weighted by molar-refractivity contribution is -0.115. The molecule has 2 heterocycles. The maximum absolute atomic E-state index is 12.4. The highest BCUT2D eigenvalue weighted by atomic mass is 35.5. The highest BCUT2D eigenvalue weighted by molar-refractivity contribution is 7.15. The van der Waals surface area contributed by atoms with Crippen LogP contribution < -0.4 is 5.32 Å². The summed E-state index contributed by atoms with van der Waals surface area (Å²) in [7, 11) is 0. The van der Waals surface area contributed by atoms with E-state index in [9.17, 15) is 4.79 Å². The van der Waals surface area contributed by atoms with Crippen LogP contribution in [0.1, 0.15) is 5.69 Å². The summed E-state index contributed by atoms with van der Waals surface area (Å²) in [6, 6.07) is 12.4. The molecule has 0 unspecified atom stereocenters. The van der Waals surface area contributed by atoms with Gasteiger partial charge in [-0.3, -0.25) is 9.20 Å². The lowest BCUT2D eigenvalue weighted by Crippen LogP contribution is -2.15. The van der Waals surface area contributed by atoms with Gasteiger partial charge in [-0.15, -0.1) is 11.3 Å². The zero-order chi connectivity index (χ0) is 19.0. The Bertz CT molecular complexity index is 1140. The van der Waals surface area contributed by atoms with Crippen molar-refractivity contribution >= 4 is 62.7 Å². The SMILES string of the molecule is O=C(Cc1csc2nc(-c3ccc(Cl)cc3)cn12)Nc1cc(Cl)ccc1Cl. The van der Waals surface area contributed by atoms with Crippen LogP contribution in [0.3, 0.4) is 0 Å². The third-order valence-corrected chi connectivity index (χ3v) is 5.67. The van der Waals surface area contributed by atoms with Crippen molar-refractivity contribution in [2.45, 2.75) is 6.42 Å². The van der Waals surface area contributed by atoms with Crippen molar-refractivity contribution in [1.82, 2.24) is 9.38 Å². The van der Waals surface area contributed by atoms with Crippen LogP contribution in [0, 0.1) is 0 Å². The maximum atomic E-state index is 12.4. The summed E-state index contributed by atoms with van der Waals surface area (Å²) in [5.74, 6) is -0.180. The number of fused-ring (bicyclic) bond motifs is 1. The number of benzene rings is 2. The van der Waals surface area contributed by atoms with E-state index in [-0.39, 0.29) is 12.3 Å². The number of aromatic nitrogens is 2. The highest BCUT2D eigenvalue weighted by Gasteiger charge is 2.14. The Hall–Kier alpha value is -2.05. The normalized spacial score (nSPS) is 11.1. The van der Waals surface area contributed by atoms with E-state index in [0.717, 1.165) is 21.9 Å². The lowest BCUT2D eigenvalue weighted by Gasteiger charge is -2.07. The molecule has 0 saturated heterocycles. The second kappa shape index (κ2) is 7.52. The second-order valence-corrected chi connectivity index (χ2v) is 7.98. The Morgan fingerprint density at radius 3 is 2.59 bits per heavy atom. The summed E-state index contributed by atoms with van der Waals surface area (Å²) in [5.41, 5.74) is 3.14. The van der Waals surface area contributed by atoms with Crippen LogP contribution >= 0.6 is 46.1 Å². The molecule has 0 fully saturated rings. The standard InChI is InChI=1S/C19H12Cl3N3OS/c20-12-3-1-11(2-4-12)17-9-25-14(10-27-19(25)24-17)8-18(26)23-16-7-13(21)5-6-15(16)22/h1-7,9-10H,8H2,(H,23,26). The molecule has 4 nitrogen and oxygen atoms in total. The fourth-order valence-corrected chi connectivity index (χ4v) is 4.00. The van der Waals surface area contributed by atoms with Crippen molar-refractivity contribution in [1.29, 1.82) is 0 Å². The summed E-state index contributed by atoms with van der Waals surface area (Å²) in [5, 5.41) is 6.35. The van der Waals surface area contributed by atoms with Gasteiger partial charge in [-0.25, -0.2) is 4.98 Å². The van der Waals surface area contributed by atoms with Gasteiger partial charge in [-0.05, 0) is 30.3 Å². The molecule has 1 amide bonds. The quantitative estimate of drug-likeness (QED) is 0.414. The lowest BCUT2D eigenvalue weighted by atomic mass is 10.2. The molecule has 0 aliphatic carbocycles. The minimum atomic E-state index is -0.180. The van der Waals surface area contributed by atoms with Crippen LogP contribution in [0.15, 0.2) is 54.0 Å². The smallest absolute Gasteiger partial charge is 0.230 e. The molecule has 0 aliphatic heterocycles. The monoisotopic (exact) mass is 435 g/mol. The molecular weight excluding hydrogens is 425 g/mol. The predicted molar refractivity (Wildman–Crippen MR) is 112 cm³/mol. The first-order chi connectivity index (χ1) is 13.0. The Balaban J connectivity index is 1.56. The van der Waals surface area contributed by atoms with Crippen molar-refractivity contribution in [3.8, 4) is 11.3 Å². The molecule has 0 radical (unpaired) electrons. The van der Waals surface area contributed by atoms with Gasteiger partial charge in [0, 0.05) is 32.9 Å². The minimum absolute atomic E-state index is 0.180. The molecule has 4 aromatic rings. The first kappa shape index (κ1) is 18.3. The zero-order valence-corrected chi connectivity index (χ0v) is 16.8. The zero-order valence-electron chi connectivity index (χ0n) is 13.7. The van der Waals surface area contributed by atoms with Gasteiger partial charge in [0.15, 0.2) is 4.96 Å². The number of amides is 1. The van der Waals surface area contributed by atoms with E-state index >= 15 is 0 Å².